The number of carbonyl (C=O) groups is 1. The molecule has 0 bridgehead atoms. The zero-order valence-corrected chi connectivity index (χ0v) is 13.3. The maximum Gasteiger partial charge on any atom is 0.317 e. The second-order valence-electron chi connectivity index (χ2n) is 5.53. The van der Waals surface area contributed by atoms with Crippen LogP contribution < -0.4 is 10.1 Å². The summed E-state index contributed by atoms with van der Waals surface area (Å²) in [6, 6.07) is 7.54. The number of hydrogen-bond donors (Lipinski definition) is 2. The van der Waals surface area contributed by atoms with E-state index in [1.807, 2.05) is 38.1 Å². The van der Waals surface area contributed by atoms with E-state index in [2.05, 4.69) is 5.32 Å². The second kappa shape index (κ2) is 8.52. The number of benzene rings is 1. The van der Waals surface area contributed by atoms with Crippen molar-refractivity contribution in [1.29, 1.82) is 0 Å². The van der Waals surface area contributed by atoms with Crippen LogP contribution in [-0.2, 0) is 6.54 Å². The molecule has 1 atom stereocenters. The van der Waals surface area contributed by atoms with Crippen LogP contribution >= 0.6 is 0 Å². The van der Waals surface area contributed by atoms with Gasteiger partial charge in [0.05, 0.1) is 12.2 Å². The van der Waals surface area contributed by atoms with Crippen LogP contribution in [0.25, 0.3) is 0 Å². The quantitative estimate of drug-likeness (QED) is 0.811. The minimum Gasteiger partial charge on any atom is -0.491 e. The number of nitrogens with one attached hydrogen (secondary N) is 1. The van der Waals surface area contributed by atoms with Crippen LogP contribution in [0.1, 0.15) is 32.8 Å². The lowest BCUT2D eigenvalue weighted by Gasteiger charge is -2.18. The molecule has 0 fully saturated rings. The van der Waals surface area contributed by atoms with Crippen LogP contribution in [0.2, 0.25) is 0 Å². The van der Waals surface area contributed by atoms with Gasteiger partial charge in [0.15, 0.2) is 0 Å². The fourth-order valence-electron chi connectivity index (χ4n) is 1.75. The van der Waals surface area contributed by atoms with Gasteiger partial charge in [-0.3, -0.25) is 0 Å². The summed E-state index contributed by atoms with van der Waals surface area (Å²) in [6.07, 6.45) is 0.331. The lowest BCUT2D eigenvalue weighted by atomic mass is 10.2. The fraction of sp³-hybridized carbons (Fsp3) is 0.562. The van der Waals surface area contributed by atoms with Gasteiger partial charge in [0.2, 0.25) is 0 Å². The molecule has 0 saturated carbocycles. The highest BCUT2D eigenvalue weighted by molar-refractivity contribution is 5.73. The molecular weight excluding hydrogens is 268 g/mol. The zero-order chi connectivity index (χ0) is 15.8. The van der Waals surface area contributed by atoms with Crippen LogP contribution in [0.3, 0.4) is 0 Å². The summed E-state index contributed by atoms with van der Waals surface area (Å²) in [7, 11) is 1.72. The van der Waals surface area contributed by atoms with Crippen molar-refractivity contribution in [3.63, 3.8) is 0 Å². The smallest absolute Gasteiger partial charge is 0.317 e. The SMILES string of the molecule is CC(O)CCN(C)C(=O)NCc1ccc(OC(C)C)cc1. The summed E-state index contributed by atoms with van der Waals surface area (Å²) in [5, 5.41) is 12.1. The zero-order valence-electron chi connectivity index (χ0n) is 13.3. The van der Waals surface area contributed by atoms with Crippen molar-refractivity contribution in [3.05, 3.63) is 29.8 Å². The molecule has 5 nitrogen and oxygen atoms in total. The second-order valence-corrected chi connectivity index (χ2v) is 5.53. The van der Waals surface area contributed by atoms with Crippen molar-refractivity contribution in [2.45, 2.75) is 45.9 Å². The van der Waals surface area contributed by atoms with Crippen molar-refractivity contribution in [2.24, 2.45) is 0 Å². The molecule has 1 rings (SSSR count). The molecule has 0 aromatic heterocycles. The molecule has 0 radical (unpaired) electrons. The van der Waals surface area contributed by atoms with Crippen molar-refractivity contribution >= 4 is 6.03 Å². The van der Waals surface area contributed by atoms with Gasteiger partial charge >= 0.3 is 6.03 Å². The van der Waals surface area contributed by atoms with E-state index >= 15 is 0 Å². The molecule has 0 aliphatic rings. The predicted molar refractivity (Wildman–Crippen MR) is 83.4 cm³/mol. The average Bonchev–Trinajstić information content (AvgIpc) is 2.43. The Balaban J connectivity index is 2.38. The normalized spacial score (nSPS) is 12.1. The van der Waals surface area contributed by atoms with E-state index in [0.29, 0.717) is 19.5 Å². The molecular formula is C16H26N2O3. The molecule has 1 aromatic rings. The Morgan fingerprint density at radius 1 is 1.29 bits per heavy atom. The Morgan fingerprint density at radius 3 is 2.43 bits per heavy atom. The van der Waals surface area contributed by atoms with E-state index in [1.165, 1.54) is 0 Å². The van der Waals surface area contributed by atoms with Gasteiger partial charge in [0, 0.05) is 20.1 Å². The Hall–Kier alpha value is -1.75. The minimum atomic E-state index is -0.395. The number of ether oxygens (including phenoxy) is 1. The largest absolute Gasteiger partial charge is 0.491 e. The van der Waals surface area contributed by atoms with E-state index in [1.54, 1.807) is 18.9 Å². The van der Waals surface area contributed by atoms with Crippen molar-refractivity contribution in [1.82, 2.24) is 10.2 Å². The lowest BCUT2D eigenvalue weighted by molar-refractivity contribution is 0.163. The topological polar surface area (TPSA) is 61.8 Å². The molecule has 5 heteroatoms. The number of carbonyl (C=O) groups excluding carboxylic acids is 1. The molecule has 2 amide bonds. The van der Waals surface area contributed by atoms with E-state index in [-0.39, 0.29) is 12.1 Å². The number of rotatable bonds is 7. The van der Waals surface area contributed by atoms with Crippen LogP contribution in [0.5, 0.6) is 5.75 Å². The fourth-order valence-corrected chi connectivity index (χ4v) is 1.75. The molecule has 0 heterocycles. The van der Waals surface area contributed by atoms with Gasteiger partial charge in [-0.05, 0) is 44.9 Å². The van der Waals surface area contributed by atoms with Gasteiger partial charge in [0.1, 0.15) is 5.75 Å². The maximum absolute atomic E-state index is 11.8. The summed E-state index contributed by atoms with van der Waals surface area (Å²) in [5.74, 6) is 0.828. The number of amides is 2. The van der Waals surface area contributed by atoms with Gasteiger partial charge < -0.3 is 20.1 Å². The van der Waals surface area contributed by atoms with E-state index in [9.17, 15) is 9.90 Å². The van der Waals surface area contributed by atoms with E-state index in [0.717, 1.165) is 11.3 Å². The average molecular weight is 294 g/mol. The molecule has 0 saturated heterocycles. The Kier molecular flexibility index (Phi) is 7.02. The highest BCUT2D eigenvalue weighted by Gasteiger charge is 2.09. The summed E-state index contributed by atoms with van der Waals surface area (Å²) in [5.41, 5.74) is 1.02. The van der Waals surface area contributed by atoms with Crippen LogP contribution in [0.4, 0.5) is 4.79 Å². The van der Waals surface area contributed by atoms with Crippen molar-refractivity contribution < 1.29 is 14.6 Å². The molecule has 118 valence electrons. The van der Waals surface area contributed by atoms with Crippen LogP contribution in [0, 0.1) is 0 Å². The first-order valence-electron chi connectivity index (χ1n) is 7.31. The molecule has 0 aliphatic heterocycles. The first-order valence-corrected chi connectivity index (χ1v) is 7.31. The first kappa shape index (κ1) is 17.3. The third kappa shape index (κ3) is 6.99. The Labute approximate surface area is 126 Å². The minimum absolute atomic E-state index is 0.141. The number of nitrogens with zero attached hydrogens (tertiary/aromatic N) is 1. The molecule has 2 N–H and O–H groups in total. The lowest BCUT2D eigenvalue weighted by Crippen LogP contribution is -2.38. The van der Waals surface area contributed by atoms with E-state index in [4.69, 9.17) is 4.74 Å². The molecule has 1 unspecified atom stereocenters. The highest BCUT2D eigenvalue weighted by Crippen LogP contribution is 2.13. The third-order valence-corrected chi connectivity index (χ3v) is 2.97. The number of hydrogen-bond acceptors (Lipinski definition) is 3. The van der Waals surface area contributed by atoms with Gasteiger partial charge in [-0.25, -0.2) is 4.79 Å². The third-order valence-electron chi connectivity index (χ3n) is 2.97. The van der Waals surface area contributed by atoms with Crippen LogP contribution in [-0.4, -0.2) is 41.8 Å². The summed E-state index contributed by atoms with van der Waals surface area (Å²) < 4.78 is 5.57. The predicted octanol–water partition coefficient (Wildman–Crippen LogP) is 2.39. The summed E-state index contributed by atoms with van der Waals surface area (Å²) >= 11 is 0. The molecule has 1 aromatic carbocycles. The summed E-state index contributed by atoms with van der Waals surface area (Å²) in [6.45, 7) is 6.69. The van der Waals surface area contributed by atoms with Gasteiger partial charge in [-0.2, -0.15) is 0 Å². The number of aliphatic hydroxyl groups is 1. The van der Waals surface area contributed by atoms with E-state index < -0.39 is 6.10 Å². The van der Waals surface area contributed by atoms with Gasteiger partial charge in [-0.15, -0.1) is 0 Å². The van der Waals surface area contributed by atoms with Crippen molar-refractivity contribution in [2.75, 3.05) is 13.6 Å². The van der Waals surface area contributed by atoms with Crippen molar-refractivity contribution in [3.8, 4) is 5.75 Å². The molecule has 0 spiro atoms. The Bertz CT molecular complexity index is 430. The monoisotopic (exact) mass is 294 g/mol. The van der Waals surface area contributed by atoms with Crippen LogP contribution in [0.15, 0.2) is 24.3 Å². The van der Waals surface area contributed by atoms with Gasteiger partial charge in [-0.1, -0.05) is 12.1 Å². The Morgan fingerprint density at radius 2 is 1.90 bits per heavy atom. The van der Waals surface area contributed by atoms with Gasteiger partial charge in [0.25, 0.3) is 0 Å². The highest BCUT2D eigenvalue weighted by atomic mass is 16.5. The molecule has 0 aliphatic carbocycles. The first-order chi connectivity index (χ1) is 9.88. The maximum atomic E-state index is 11.8. The standard InChI is InChI=1S/C16H26N2O3/c1-12(2)21-15-7-5-14(6-8-15)11-17-16(20)18(4)10-9-13(3)19/h5-8,12-13,19H,9-11H2,1-4H3,(H,17,20). The number of urea groups is 1. The number of aliphatic hydroxyl groups excluding tert-OH is 1. The molecule has 21 heavy (non-hydrogen) atoms. The summed E-state index contributed by atoms with van der Waals surface area (Å²) in [4.78, 5) is 13.4.